The van der Waals surface area contributed by atoms with Gasteiger partial charge in [-0.25, -0.2) is 4.79 Å². The predicted octanol–water partition coefficient (Wildman–Crippen LogP) is 3.63. The van der Waals surface area contributed by atoms with Crippen LogP contribution < -0.4 is 15.4 Å². The molecule has 1 unspecified atom stereocenters. The summed E-state index contributed by atoms with van der Waals surface area (Å²) in [7, 11) is 1.52. The number of nitrogens with one attached hydrogen (secondary N) is 2. The summed E-state index contributed by atoms with van der Waals surface area (Å²) >= 11 is 5.94. The van der Waals surface area contributed by atoms with Crippen LogP contribution in [0.1, 0.15) is 18.5 Å². The van der Waals surface area contributed by atoms with Crippen molar-refractivity contribution in [1.29, 1.82) is 0 Å². The van der Waals surface area contributed by atoms with Crippen LogP contribution in [-0.4, -0.2) is 18.1 Å². The smallest absolute Gasteiger partial charge is 0.319 e. The van der Waals surface area contributed by atoms with Crippen molar-refractivity contribution in [2.75, 3.05) is 12.4 Å². The van der Waals surface area contributed by atoms with Crippen LogP contribution in [0.25, 0.3) is 0 Å². The molecule has 21 heavy (non-hydrogen) atoms. The van der Waals surface area contributed by atoms with E-state index in [0.717, 1.165) is 5.56 Å². The number of nitrogens with zero attached hydrogens (tertiary/aromatic N) is 1. The number of benzene rings is 1. The first-order valence-electron chi connectivity index (χ1n) is 6.41. The van der Waals surface area contributed by atoms with Crippen molar-refractivity contribution in [2.45, 2.75) is 13.0 Å². The summed E-state index contributed by atoms with van der Waals surface area (Å²) in [6.07, 6.45) is 3.41. The molecule has 0 fully saturated rings. The van der Waals surface area contributed by atoms with E-state index in [1.165, 1.54) is 7.11 Å². The lowest BCUT2D eigenvalue weighted by atomic mass is 10.1. The summed E-state index contributed by atoms with van der Waals surface area (Å²) in [4.78, 5) is 16.0. The monoisotopic (exact) mass is 305 g/mol. The Balaban J connectivity index is 1.99. The third kappa shape index (κ3) is 4.10. The quantitative estimate of drug-likeness (QED) is 0.906. The highest BCUT2D eigenvalue weighted by Gasteiger charge is 2.10. The summed E-state index contributed by atoms with van der Waals surface area (Å²) in [5, 5.41) is 6.06. The zero-order valence-corrected chi connectivity index (χ0v) is 12.5. The second-order valence-electron chi connectivity index (χ2n) is 4.46. The first-order chi connectivity index (χ1) is 10.1. The Morgan fingerprint density at radius 1 is 1.38 bits per heavy atom. The molecule has 0 aliphatic carbocycles. The number of anilines is 1. The van der Waals surface area contributed by atoms with E-state index in [9.17, 15) is 4.79 Å². The van der Waals surface area contributed by atoms with Gasteiger partial charge in [-0.15, -0.1) is 0 Å². The number of hydrogen-bond donors (Lipinski definition) is 2. The molecule has 0 aliphatic heterocycles. The third-order valence-electron chi connectivity index (χ3n) is 2.94. The number of aromatic nitrogens is 1. The van der Waals surface area contributed by atoms with Gasteiger partial charge in [0.25, 0.3) is 0 Å². The number of carbonyl (C=O) groups excluding carboxylic acids is 1. The summed E-state index contributed by atoms with van der Waals surface area (Å²) < 4.78 is 5.11. The van der Waals surface area contributed by atoms with E-state index in [4.69, 9.17) is 16.3 Å². The zero-order chi connectivity index (χ0) is 15.2. The van der Waals surface area contributed by atoms with E-state index in [-0.39, 0.29) is 12.1 Å². The van der Waals surface area contributed by atoms with Gasteiger partial charge in [0.1, 0.15) is 5.75 Å². The average Bonchev–Trinajstić information content (AvgIpc) is 2.50. The van der Waals surface area contributed by atoms with Gasteiger partial charge in [0.2, 0.25) is 0 Å². The number of rotatable bonds is 4. The van der Waals surface area contributed by atoms with E-state index in [1.54, 1.807) is 30.6 Å². The number of pyridine rings is 1. The van der Waals surface area contributed by atoms with Crippen LogP contribution >= 0.6 is 11.6 Å². The third-order valence-corrected chi connectivity index (χ3v) is 3.25. The lowest BCUT2D eigenvalue weighted by molar-refractivity contribution is 0.249. The minimum atomic E-state index is -0.310. The molecule has 110 valence electrons. The molecule has 1 aromatic carbocycles. The Hall–Kier alpha value is -2.27. The highest BCUT2D eigenvalue weighted by Crippen LogP contribution is 2.27. The molecular weight excluding hydrogens is 290 g/mol. The fourth-order valence-corrected chi connectivity index (χ4v) is 2.01. The molecular formula is C15H16ClN3O2. The lowest BCUT2D eigenvalue weighted by Gasteiger charge is -2.15. The minimum Gasteiger partial charge on any atom is -0.495 e. The molecule has 0 spiro atoms. The average molecular weight is 306 g/mol. The van der Waals surface area contributed by atoms with Gasteiger partial charge < -0.3 is 15.4 Å². The van der Waals surface area contributed by atoms with Crippen LogP contribution in [-0.2, 0) is 0 Å². The fraction of sp³-hybridized carbons (Fsp3) is 0.200. The van der Waals surface area contributed by atoms with E-state index >= 15 is 0 Å². The molecule has 2 aromatic rings. The Labute approximate surface area is 128 Å². The van der Waals surface area contributed by atoms with Gasteiger partial charge in [0.15, 0.2) is 0 Å². The van der Waals surface area contributed by atoms with Gasteiger partial charge in [0.05, 0.1) is 18.2 Å². The maximum atomic E-state index is 12.0. The summed E-state index contributed by atoms with van der Waals surface area (Å²) in [5.74, 6) is 0.509. The van der Waals surface area contributed by atoms with Crippen molar-refractivity contribution in [3.8, 4) is 5.75 Å². The summed E-state index contributed by atoms with van der Waals surface area (Å²) in [5.41, 5.74) is 1.54. The molecule has 0 bridgehead atoms. The molecule has 2 rings (SSSR count). The summed E-state index contributed by atoms with van der Waals surface area (Å²) in [6.45, 7) is 1.89. The highest BCUT2D eigenvalue weighted by molar-refractivity contribution is 6.32. The molecule has 2 amide bonds. The molecule has 0 aliphatic rings. The lowest BCUT2D eigenvalue weighted by Crippen LogP contribution is -2.31. The molecule has 1 heterocycles. The van der Waals surface area contributed by atoms with Crippen LogP contribution in [0.4, 0.5) is 10.5 Å². The highest BCUT2D eigenvalue weighted by atomic mass is 35.5. The molecule has 0 saturated carbocycles. The fourth-order valence-electron chi connectivity index (χ4n) is 1.82. The maximum Gasteiger partial charge on any atom is 0.319 e. The van der Waals surface area contributed by atoms with Crippen LogP contribution in [0.2, 0.25) is 5.02 Å². The van der Waals surface area contributed by atoms with E-state index < -0.39 is 0 Å². The van der Waals surface area contributed by atoms with Gasteiger partial charge in [0, 0.05) is 24.1 Å². The Morgan fingerprint density at radius 3 is 2.86 bits per heavy atom. The van der Waals surface area contributed by atoms with Gasteiger partial charge in [-0.1, -0.05) is 17.7 Å². The zero-order valence-electron chi connectivity index (χ0n) is 11.8. The van der Waals surface area contributed by atoms with E-state index in [0.29, 0.717) is 16.5 Å². The molecule has 6 heteroatoms. The van der Waals surface area contributed by atoms with Crippen molar-refractivity contribution in [3.05, 3.63) is 53.3 Å². The maximum absolute atomic E-state index is 12.0. The van der Waals surface area contributed by atoms with Crippen molar-refractivity contribution >= 4 is 23.3 Å². The predicted molar refractivity (Wildman–Crippen MR) is 82.8 cm³/mol. The van der Waals surface area contributed by atoms with Crippen LogP contribution in [0.3, 0.4) is 0 Å². The minimum absolute atomic E-state index is 0.145. The van der Waals surface area contributed by atoms with Crippen LogP contribution in [0.15, 0.2) is 42.7 Å². The van der Waals surface area contributed by atoms with Gasteiger partial charge in [-0.05, 0) is 30.7 Å². The number of methoxy groups -OCH3 is 1. The molecule has 5 nitrogen and oxygen atoms in total. The van der Waals surface area contributed by atoms with Crippen molar-refractivity contribution in [2.24, 2.45) is 0 Å². The first-order valence-corrected chi connectivity index (χ1v) is 6.79. The second kappa shape index (κ2) is 6.95. The number of ether oxygens (including phenoxy) is 1. The number of amides is 2. The van der Waals surface area contributed by atoms with Crippen molar-refractivity contribution in [1.82, 2.24) is 10.3 Å². The van der Waals surface area contributed by atoms with Gasteiger partial charge in [-0.2, -0.15) is 0 Å². The number of hydrogen-bond acceptors (Lipinski definition) is 3. The van der Waals surface area contributed by atoms with Gasteiger partial charge >= 0.3 is 6.03 Å². The second-order valence-corrected chi connectivity index (χ2v) is 4.86. The van der Waals surface area contributed by atoms with Crippen LogP contribution in [0, 0.1) is 0 Å². The molecule has 1 atom stereocenters. The first kappa shape index (κ1) is 15.1. The SMILES string of the molecule is COc1cc(NC(=O)NC(C)c2cccnc2)ccc1Cl. The molecule has 1 aromatic heterocycles. The number of halogens is 1. The standard InChI is InChI=1S/C15H16ClN3O2/c1-10(11-4-3-7-17-9-11)18-15(20)19-12-5-6-13(16)14(8-12)21-2/h3-10H,1-2H3,(H2,18,19,20). The van der Waals surface area contributed by atoms with Crippen molar-refractivity contribution < 1.29 is 9.53 Å². The number of urea groups is 1. The van der Waals surface area contributed by atoms with Crippen molar-refractivity contribution in [3.63, 3.8) is 0 Å². The van der Waals surface area contributed by atoms with Gasteiger partial charge in [-0.3, -0.25) is 4.98 Å². The Kier molecular flexibility index (Phi) is 5.00. The normalized spacial score (nSPS) is 11.6. The van der Waals surface area contributed by atoms with E-state index in [1.807, 2.05) is 19.1 Å². The molecule has 0 saturated heterocycles. The Bertz CT molecular complexity index is 620. The topological polar surface area (TPSA) is 63.2 Å². The van der Waals surface area contributed by atoms with E-state index in [2.05, 4.69) is 15.6 Å². The molecule has 0 radical (unpaired) electrons. The largest absolute Gasteiger partial charge is 0.495 e. The molecule has 2 N–H and O–H groups in total. The summed E-state index contributed by atoms with van der Waals surface area (Å²) in [6, 6.07) is 8.32. The van der Waals surface area contributed by atoms with Crippen LogP contribution in [0.5, 0.6) is 5.75 Å². The Morgan fingerprint density at radius 2 is 2.19 bits per heavy atom. The number of carbonyl (C=O) groups is 1.